The van der Waals surface area contributed by atoms with Crippen molar-refractivity contribution in [2.24, 2.45) is 0 Å². The lowest BCUT2D eigenvalue weighted by molar-refractivity contribution is -0.164. The van der Waals surface area contributed by atoms with Crippen LogP contribution in [0.3, 0.4) is 0 Å². The molecule has 0 amide bonds. The Labute approximate surface area is 87.7 Å². The highest BCUT2D eigenvalue weighted by atomic mass is 17.1. The van der Waals surface area contributed by atoms with Gasteiger partial charge in [-0.1, -0.05) is 0 Å². The molecule has 0 aliphatic heterocycles. The lowest BCUT2D eigenvalue weighted by Crippen LogP contribution is -2.11. The van der Waals surface area contributed by atoms with E-state index in [1.807, 2.05) is 0 Å². The summed E-state index contributed by atoms with van der Waals surface area (Å²) in [5.74, 6) is -4.50. The summed E-state index contributed by atoms with van der Waals surface area (Å²) < 4.78 is 0. The van der Waals surface area contributed by atoms with Gasteiger partial charge in [-0.3, -0.25) is 0 Å². The molecule has 0 atom stereocenters. The first kappa shape index (κ1) is 11.8. The van der Waals surface area contributed by atoms with Crippen molar-refractivity contribution in [2.75, 3.05) is 0 Å². The van der Waals surface area contributed by atoms with Gasteiger partial charge >= 0.3 is 11.9 Å². The largest absolute Gasteiger partial charge is 0.478 e. The summed E-state index contributed by atoms with van der Waals surface area (Å²) in [5.41, 5.74) is -1.45. The zero-order valence-electron chi connectivity index (χ0n) is 7.58. The van der Waals surface area contributed by atoms with Crippen molar-refractivity contribution in [3.05, 3.63) is 23.3 Å². The van der Waals surface area contributed by atoms with Crippen LogP contribution in [0.5, 0.6) is 11.5 Å². The van der Waals surface area contributed by atoms with Gasteiger partial charge in [-0.2, -0.15) is 0 Å². The molecule has 1 rings (SSSR count). The molecule has 0 radical (unpaired) electrons. The molecule has 16 heavy (non-hydrogen) atoms. The van der Waals surface area contributed by atoms with E-state index in [-0.39, 0.29) is 0 Å². The first-order chi connectivity index (χ1) is 7.52. The van der Waals surface area contributed by atoms with Crippen LogP contribution >= 0.6 is 0 Å². The topological polar surface area (TPSA) is 134 Å². The third-order valence-corrected chi connectivity index (χ3v) is 1.76. The Kier molecular flexibility index (Phi) is 3.28. The minimum absolute atomic E-state index is 0.523. The van der Waals surface area contributed by atoms with Gasteiger partial charge in [0.2, 0.25) is 11.5 Å². The normalized spacial score (nSPS) is 9.62. The summed E-state index contributed by atoms with van der Waals surface area (Å²) in [4.78, 5) is 28.9. The summed E-state index contributed by atoms with van der Waals surface area (Å²) in [6.07, 6.45) is 0. The quantitative estimate of drug-likeness (QED) is 0.440. The Bertz CT molecular complexity index is 438. The fourth-order valence-corrected chi connectivity index (χ4v) is 1.12. The summed E-state index contributed by atoms with van der Waals surface area (Å²) >= 11 is 0. The maximum Gasteiger partial charge on any atom is 0.340 e. The van der Waals surface area contributed by atoms with Crippen molar-refractivity contribution in [1.82, 2.24) is 0 Å². The maximum atomic E-state index is 10.8. The van der Waals surface area contributed by atoms with E-state index in [1.54, 1.807) is 0 Å². The first-order valence-corrected chi connectivity index (χ1v) is 3.79. The molecule has 0 fully saturated rings. The average molecular weight is 230 g/mol. The molecule has 0 unspecified atom stereocenters. The molecule has 4 N–H and O–H groups in total. The van der Waals surface area contributed by atoms with Crippen molar-refractivity contribution in [3.63, 3.8) is 0 Å². The Hall–Kier alpha value is -2.32. The van der Waals surface area contributed by atoms with Gasteiger partial charge < -0.3 is 20.0 Å². The minimum atomic E-state index is -1.65. The van der Waals surface area contributed by atoms with E-state index in [9.17, 15) is 9.59 Å². The average Bonchev–Trinajstić information content (AvgIpc) is 2.26. The second-order valence-corrected chi connectivity index (χ2v) is 2.61. The fourth-order valence-electron chi connectivity index (χ4n) is 1.12. The maximum absolute atomic E-state index is 10.8. The molecule has 0 saturated carbocycles. The molecule has 86 valence electrons. The zero-order chi connectivity index (χ0) is 12.3. The molecule has 1 aromatic rings. The SMILES string of the molecule is O=C(O)c1ccc(OO)c(OO)c1C(=O)O. The van der Waals surface area contributed by atoms with Gasteiger partial charge in [0, 0.05) is 0 Å². The van der Waals surface area contributed by atoms with Gasteiger partial charge in [0.05, 0.1) is 5.56 Å². The Balaban J connectivity index is 3.56. The van der Waals surface area contributed by atoms with Gasteiger partial charge in [0.25, 0.3) is 0 Å². The van der Waals surface area contributed by atoms with Crippen molar-refractivity contribution < 1.29 is 40.1 Å². The number of aromatic carboxylic acids is 2. The number of hydrogen-bond donors (Lipinski definition) is 4. The van der Waals surface area contributed by atoms with E-state index in [4.69, 9.17) is 20.7 Å². The highest BCUT2D eigenvalue weighted by Crippen LogP contribution is 2.33. The number of rotatable bonds is 4. The summed E-state index contributed by atoms with van der Waals surface area (Å²) in [7, 11) is 0. The van der Waals surface area contributed by atoms with Crippen LogP contribution in [0.1, 0.15) is 20.7 Å². The predicted molar refractivity (Wildman–Crippen MR) is 46.9 cm³/mol. The van der Waals surface area contributed by atoms with Crippen LogP contribution in [-0.4, -0.2) is 32.7 Å². The van der Waals surface area contributed by atoms with Crippen LogP contribution in [0, 0.1) is 0 Å². The van der Waals surface area contributed by atoms with Crippen LogP contribution in [0.25, 0.3) is 0 Å². The van der Waals surface area contributed by atoms with Gasteiger partial charge in [0.1, 0.15) is 5.56 Å². The van der Waals surface area contributed by atoms with Crippen LogP contribution < -0.4 is 9.78 Å². The third-order valence-electron chi connectivity index (χ3n) is 1.76. The highest BCUT2D eigenvalue weighted by Gasteiger charge is 2.26. The molecule has 0 spiro atoms. The van der Waals surface area contributed by atoms with Crippen LogP contribution in [0.4, 0.5) is 0 Å². The van der Waals surface area contributed by atoms with Crippen molar-refractivity contribution in [3.8, 4) is 11.5 Å². The highest BCUT2D eigenvalue weighted by molar-refractivity contribution is 6.04. The molecule has 8 nitrogen and oxygen atoms in total. The molecular weight excluding hydrogens is 224 g/mol. The van der Waals surface area contributed by atoms with Gasteiger partial charge in [-0.25, -0.2) is 20.1 Å². The van der Waals surface area contributed by atoms with E-state index in [0.717, 1.165) is 12.1 Å². The van der Waals surface area contributed by atoms with Gasteiger partial charge in [-0.15, -0.1) is 0 Å². The van der Waals surface area contributed by atoms with E-state index in [1.165, 1.54) is 0 Å². The number of carboxylic acids is 2. The minimum Gasteiger partial charge on any atom is -0.478 e. The fraction of sp³-hybridized carbons (Fsp3) is 0. The summed E-state index contributed by atoms with van der Waals surface area (Å²) in [6, 6.07) is 1.82. The number of carbonyl (C=O) groups is 2. The first-order valence-electron chi connectivity index (χ1n) is 3.79. The standard InChI is InChI=1S/C8H6O8/c9-7(10)3-1-2-4(15-13)6(16-14)5(3)8(11)12/h1-2,13-14H,(H,9,10)(H,11,12). The molecule has 0 aliphatic carbocycles. The smallest absolute Gasteiger partial charge is 0.340 e. The summed E-state index contributed by atoms with van der Waals surface area (Å²) in [6.45, 7) is 0. The molecule has 0 heterocycles. The predicted octanol–water partition coefficient (Wildman–Crippen LogP) is 0.787. The van der Waals surface area contributed by atoms with Crippen molar-refractivity contribution in [2.45, 2.75) is 0 Å². The second-order valence-electron chi connectivity index (χ2n) is 2.61. The lowest BCUT2D eigenvalue weighted by atomic mass is 10.1. The molecule has 0 aromatic heterocycles. The van der Waals surface area contributed by atoms with Crippen LogP contribution in [-0.2, 0) is 0 Å². The van der Waals surface area contributed by atoms with Crippen LogP contribution in [0.15, 0.2) is 12.1 Å². The van der Waals surface area contributed by atoms with Crippen molar-refractivity contribution >= 4 is 11.9 Å². The molecule has 0 saturated heterocycles. The second kappa shape index (κ2) is 4.47. The Morgan fingerprint density at radius 1 is 1.00 bits per heavy atom. The number of benzene rings is 1. The number of carboxylic acid groups (broad SMARTS) is 2. The van der Waals surface area contributed by atoms with Crippen LogP contribution in [0.2, 0.25) is 0 Å². The molecule has 1 aromatic carbocycles. The van der Waals surface area contributed by atoms with Crippen molar-refractivity contribution in [1.29, 1.82) is 0 Å². The third kappa shape index (κ3) is 1.87. The lowest BCUT2D eigenvalue weighted by Gasteiger charge is -2.08. The van der Waals surface area contributed by atoms with Gasteiger partial charge in [0.15, 0.2) is 0 Å². The van der Waals surface area contributed by atoms with E-state index in [0.29, 0.717) is 0 Å². The zero-order valence-corrected chi connectivity index (χ0v) is 7.58. The molecule has 8 heteroatoms. The number of hydrogen-bond acceptors (Lipinski definition) is 6. The Morgan fingerprint density at radius 3 is 2.00 bits per heavy atom. The molecule has 0 aliphatic rings. The molecule has 0 bridgehead atoms. The van der Waals surface area contributed by atoms with E-state index < -0.39 is 34.6 Å². The van der Waals surface area contributed by atoms with E-state index in [2.05, 4.69) is 9.78 Å². The Morgan fingerprint density at radius 2 is 1.62 bits per heavy atom. The molecular formula is C8H6O8. The summed E-state index contributed by atoms with van der Waals surface area (Å²) in [5, 5.41) is 34.2. The van der Waals surface area contributed by atoms with Gasteiger partial charge in [-0.05, 0) is 12.1 Å². The monoisotopic (exact) mass is 230 g/mol. The van der Waals surface area contributed by atoms with E-state index >= 15 is 0 Å².